The lowest BCUT2D eigenvalue weighted by Gasteiger charge is -2.05. The van der Waals surface area contributed by atoms with Crippen LogP contribution >= 0.6 is 11.8 Å². The molecule has 0 spiro atoms. The summed E-state index contributed by atoms with van der Waals surface area (Å²) in [6, 6.07) is -0.527. The molecule has 1 heterocycles. The minimum atomic E-state index is -0.527. The van der Waals surface area contributed by atoms with Crippen molar-refractivity contribution in [1.29, 1.82) is 0 Å². The molecular weight excluding hydrogens is 270 g/mol. The SMILES string of the molecule is CCCn1c(SCC(=O)NC(=O)NCC)n[nH]c1=O. The van der Waals surface area contributed by atoms with Crippen molar-refractivity contribution in [3.63, 3.8) is 0 Å². The summed E-state index contributed by atoms with van der Waals surface area (Å²) in [5.74, 6) is -0.417. The van der Waals surface area contributed by atoms with E-state index >= 15 is 0 Å². The Morgan fingerprint density at radius 2 is 2.16 bits per heavy atom. The van der Waals surface area contributed by atoms with Crippen LogP contribution < -0.4 is 16.3 Å². The third-order valence-electron chi connectivity index (χ3n) is 2.09. The Hall–Kier alpha value is -1.77. The van der Waals surface area contributed by atoms with Crippen LogP contribution in [0, 0.1) is 0 Å². The zero-order valence-corrected chi connectivity index (χ0v) is 11.7. The molecule has 0 saturated heterocycles. The van der Waals surface area contributed by atoms with Crippen LogP contribution in [0.4, 0.5) is 4.79 Å². The summed E-state index contributed by atoms with van der Waals surface area (Å²) in [7, 11) is 0. The van der Waals surface area contributed by atoms with Gasteiger partial charge in [-0.1, -0.05) is 18.7 Å². The standard InChI is InChI=1S/C10H17N5O3S/c1-3-5-15-9(18)13-14-10(15)19-6-7(16)12-8(17)11-4-2/h3-6H2,1-2H3,(H,13,18)(H2,11,12,16,17). The van der Waals surface area contributed by atoms with E-state index in [0.717, 1.165) is 18.2 Å². The zero-order chi connectivity index (χ0) is 14.3. The lowest BCUT2D eigenvalue weighted by molar-refractivity contribution is -0.117. The molecule has 1 rings (SSSR count). The number of hydrogen-bond donors (Lipinski definition) is 3. The predicted molar refractivity (Wildman–Crippen MR) is 71.1 cm³/mol. The van der Waals surface area contributed by atoms with Crippen LogP contribution in [-0.2, 0) is 11.3 Å². The number of aromatic amines is 1. The Morgan fingerprint density at radius 1 is 1.42 bits per heavy atom. The van der Waals surface area contributed by atoms with E-state index < -0.39 is 11.9 Å². The van der Waals surface area contributed by atoms with Crippen LogP contribution in [-0.4, -0.2) is 39.0 Å². The summed E-state index contributed by atoms with van der Waals surface area (Å²) in [6.07, 6.45) is 0.790. The number of urea groups is 1. The predicted octanol–water partition coefficient (Wildman–Crippen LogP) is -0.0808. The van der Waals surface area contributed by atoms with E-state index in [2.05, 4.69) is 20.8 Å². The molecule has 106 valence electrons. The molecule has 0 bridgehead atoms. The maximum atomic E-state index is 11.5. The van der Waals surface area contributed by atoms with Gasteiger partial charge in [-0.2, -0.15) is 0 Å². The number of nitrogens with one attached hydrogen (secondary N) is 3. The van der Waals surface area contributed by atoms with Crippen molar-refractivity contribution in [2.75, 3.05) is 12.3 Å². The molecule has 0 aliphatic rings. The average molecular weight is 287 g/mol. The number of H-pyrrole nitrogens is 1. The number of carbonyl (C=O) groups excluding carboxylic acids is 2. The Labute approximate surface area is 114 Å². The lowest BCUT2D eigenvalue weighted by Crippen LogP contribution is -2.40. The fraction of sp³-hybridized carbons (Fsp3) is 0.600. The third-order valence-corrected chi connectivity index (χ3v) is 3.07. The molecule has 19 heavy (non-hydrogen) atoms. The van der Waals surface area contributed by atoms with E-state index in [0.29, 0.717) is 18.2 Å². The van der Waals surface area contributed by atoms with Gasteiger partial charge in [-0.3, -0.25) is 14.7 Å². The first-order valence-electron chi connectivity index (χ1n) is 5.94. The number of rotatable bonds is 6. The van der Waals surface area contributed by atoms with Gasteiger partial charge in [0.15, 0.2) is 5.16 Å². The van der Waals surface area contributed by atoms with Crippen LogP contribution in [0.25, 0.3) is 0 Å². The van der Waals surface area contributed by atoms with E-state index in [9.17, 15) is 14.4 Å². The number of carbonyl (C=O) groups is 2. The Bertz CT molecular complexity index is 496. The minimum absolute atomic E-state index is 0.0190. The minimum Gasteiger partial charge on any atom is -0.338 e. The summed E-state index contributed by atoms with van der Waals surface area (Å²) in [5, 5.41) is 11.2. The highest BCUT2D eigenvalue weighted by atomic mass is 32.2. The lowest BCUT2D eigenvalue weighted by atomic mass is 10.5. The van der Waals surface area contributed by atoms with Crippen molar-refractivity contribution in [2.45, 2.75) is 32.0 Å². The number of aromatic nitrogens is 3. The summed E-state index contributed by atoms with van der Waals surface area (Å²) in [5.41, 5.74) is -0.298. The third kappa shape index (κ3) is 4.78. The molecule has 8 nitrogen and oxygen atoms in total. The molecule has 0 atom stereocenters. The molecule has 9 heteroatoms. The van der Waals surface area contributed by atoms with Crippen molar-refractivity contribution in [1.82, 2.24) is 25.4 Å². The van der Waals surface area contributed by atoms with E-state index in [1.54, 1.807) is 6.92 Å². The fourth-order valence-electron chi connectivity index (χ4n) is 1.33. The molecule has 3 amide bonds. The summed E-state index contributed by atoms with van der Waals surface area (Å²) < 4.78 is 1.46. The average Bonchev–Trinajstić information content (AvgIpc) is 2.69. The quantitative estimate of drug-likeness (QED) is 0.634. The highest BCUT2D eigenvalue weighted by Gasteiger charge is 2.12. The van der Waals surface area contributed by atoms with Gasteiger partial charge in [0.2, 0.25) is 5.91 Å². The summed E-state index contributed by atoms with van der Waals surface area (Å²) >= 11 is 1.10. The van der Waals surface area contributed by atoms with Crippen LogP contribution in [0.15, 0.2) is 9.95 Å². The number of hydrogen-bond acceptors (Lipinski definition) is 5. The maximum Gasteiger partial charge on any atom is 0.343 e. The highest BCUT2D eigenvalue weighted by molar-refractivity contribution is 7.99. The molecule has 1 aromatic rings. The molecule has 3 N–H and O–H groups in total. The largest absolute Gasteiger partial charge is 0.343 e. The van der Waals surface area contributed by atoms with Crippen molar-refractivity contribution < 1.29 is 9.59 Å². The molecule has 0 aliphatic heterocycles. The Kier molecular flexibility index (Phi) is 6.13. The normalized spacial score (nSPS) is 10.2. The molecule has 0 aromatic carbocycles. The van der Waals surface area contributed by atoms with Crippen LogP contribution in [0.1, 0.15) is 20.3 Å². The van der Waals surface area contributed by atoms with Gasteiger partial charge in [0.25, 0.3) is 0 Å². The maximum absolute atomic E-state index is 11.5. The van der Waals surface area contributed by atoms with Gasteiger partial charge < -0.3 is 5.32 Å². The van der Waals surface area contributed by atoms with Crippen LogP contribution in [0.2, 0.25) is 0 Å². The number of nitrogens with zero attached hydrogens (tertiary/aromatic N) is 2. The van der Waals surface area contributed by atoms with Crippen molar-refractivity contribution >= 4 is 23.7 Å². The number of amides is 3. The van der Waals surface area contributed by atoms with Crippen LogP contribution in [0.3, 0.4) is 0 Å². The van der Waals surface area contributed by atoms with Gasteiger partial charge in [0.05, 0.1) is 5.75 Å². The second-order valence-electron chi connectivity index (χ2n) is 3.66. The van der Waals surface area contributed by atoms with Crippen molar-refractivity contribution in [3.8, 4) is 0 Å². The zero-order valence-electron chi connectivity index (χ0n) is 10.9. The van der Waals surface area contributed by atoms with Crippen LogP contribution in [0.5, 0.6) is 0 Å². The highest BCUT2D eigenvalue weighted by Crippen LogP contribution is 2.12. The van der Waals surface area contributed by atoms with Crippen molar-refractivity contribution in [3.05, 3.63) is 10.5 Å². The smallest absolute Gasteiger partial charge is 0.338 e. The van der Waals surface area contributed by atoms with E-state index in [4.69, 9.17) is 0 Å². The van der Waals surface area contributed by atoms with E-state index in [1.165, 1.54) is 4.57 Å². The Balaban J connectivity index is 2.50. The molecule has 1 aromatic heterocycles. The van der Waals surface area contributed by atoms with E-state index in [-0.39, 0.29) is 11.4 Å². The fourth-order valence-corrected chi connectivity index (χ4v) is 2.10. The summed E-state index contributed by atoms with van der Waals surface area (Å²) in [6.45, 7) is 4.68. The molecule has 0 unspecified atom stereocenters. The first-order valence-corrected chi connectivity index (χ1v) is 6.92. The Morgan fingerprint density at radius 3 is 2.79 bits per heavy atom. The van der Waals surface area contributed by atoms with Gasteiger partial charge in [0.1, 0.15) is 0 Å². The second kappa shape index (κ2) is 7.62. The molecule has 0 saturated carbocycles. The number of imide groups is 1. The van der Waals surface area contributed by atoms with Crippen molar-refractivity contribution in [2.24, 2.45) is 0 Å². The molecule has 0 radical (unpaired) electrons. The molecule has 0 aliphatic carbocycles. The summed E-state index contributed by atoms with van der Waals surface area (Å²) in [4.78, 5) is 34.0. The first-order chi connectivity index (χ1) is 9.08. The van der Waals surface area contributed by atoms with Gasteiger partial charge in [-0.05, 0) is 13.3 Å². The number of thioether (sulfide) groups is 1. The van der Waals surface area contributed by atoms with Gasteiger partial charge in [0, 0.05) is 13.1 Å². The van der Waals surface area contributed by atoms with Gasteiger partial charge in [-0.15, -0.1) is 5.10 Å². The topological polar surface area (TPSA) is 109 Å². The second-order valence-corrected chi connectivity index (χ2v) is 4.60. The molecular formula is C10H17N5O3S. The first kappa shape index (κ1) is 15.3. The van der Waals surface area contributed by atoms with Gasteiger partial charge in [-0.25, -0.2) is 14.7 Å². The molecule has 0 fully saturated rings. The van der Waals surface area contributed by atoms with E-state index in [1.807, 2.05) is 6.92 Å². The van der Waals surface area contributed by atoms with Gasteiger partial charge >= 0.3 is 11.7 Å². The monoisotopic (exact) mass is 287 g/mol.